The first-order valence-corrected chi connectivity index (χ1v) is 11.0. The third-order valence-corrected chi connectivity index (χ3v) is 8.89. The topological polar surface area (TPSA) is 101 Å². The normalized spacial score (nSPS) is 48.4. The van der Waals surface area contributed by atoms with E-state index in [1.165, 1.54) is 19.1 Å². The van der Waals surface area contributed by atoms with Gasteiger partial charge in [-0.15, -0.1) is 0 Å². The summed E-state index contributed by atoms with van der Waals surface area (Å²) in [5, 5.41) is 23.0. The first-order chi connectivity index (χ1) is 14.4. The highest BCUT2D eigenvalue weighted by Gasteiger charge is 2.71. The van der Waals surface area contributed by atoms with Crippen LogP contribution in [0.3, 0.4) is 0 Å². The first-order valence-electron chi connectivity index (χ1n) is 11.0. The first kappa shape index (κ1) is 22.3. The summed E-state index contributed by atoms with van der Waals surface area (Å²) in [7, 11) is 0. The van der Waals surface area contributed by atoms with Gasteiger partial charge in [-0.3, -0.25) is 14.4 Å². The van der Waals surface area contributed by atoms with Crippen molar-refractivity contribution in [1.29, 1.82) is 0 Å². The van der Waals surface area contributed by atoms with E-state index < -0.39 is 53.0 Å². The summed E-state index contributed by atoms with van der Waals surface area (Å²) in [4.78, 5) is 36.2. The number of ether oxygens (including phenoxy) is 1. The van der Waals surface area contributed by atoms with Gasteiger partial charge in [0.2, 0.25) is 5.78 Å². The lowest BCUT2D eigenvalue weighted by Gasteiger charge is -2.60. The van der Waals surface area contributed by atoms with Crippen molar-refractivity contribution in [1.82, 2.24) is 0 Å². The zero-order chi connectivity index (χ0) is 22.9. The lowest BCUT2D eigenvalue weighted by atomic mass is 9.46. The van der Waals surface area contributed by atoms with Crippen molar-refractivity contribution in [3.8, 4) is 0 Å². The Bertz CT molecular complexity index is 895. The standard InChI is InChI=1S/C24H31FO6/c1-12-7-16-15-9-18(25)17-8-14(27)5-6-22(17,3)21(15)19(28)10-23(16,4)24(12,30)20(29)11-31-13(2)26/h5-6,8,12,15-16,18-19,21,28,30H,7,9-11H2,1-4H3/t12-,15?,16?,18+,19?,21?,22?,23?,24+/m1/s1. The van der Waals surface area contributed by atoms with Gasteiger partial charge in [0.05, 0.1) is 6.10 Å². The van der Waals surface area contributed by atoms with E-state index in [1.807, 2.05) is 6.92 Å². The summed E-state index contributed by atoms with van der Waals surface area (Å²) in [6.45, 7) is 6.13. The molecule has 0 amide bonds. The van der Waals surface area contributed by atoms with E-state index in [9.17, 15) is 24.6 Å². The molecule has 0 aromatic carbocycles. The van der Waals surface area contributed by atoms with Gasteiger partial charge in [-0.1, -0.05) is 26.8 Å². The molecule has 2 N–H and O–H groups in total. The van der Waals surface area contributed by atoms with Crippen LogP contribution in [0.1, 0.15) is 47.0 Å². The van der Waals surface area contributed by atoms with Gasteiger partial charge >= 0.3 is 5.97 Å². The predicted octanol–water partition coefficient (Wildman–Crippen LogP) is 2.32. The van der Waals surface area contributed by atoms with Crippen LogP contribution in [0.15, 0.2) is 23.8 Å². The molecule has 0 saturated heterocycles. The average Bonchev–Trinajstić information content (AvgIpc) is 2.88. The van der Waals surface area contributed by atoms with Gasteiger partial charge in [0.25, 0.3) is 0 Å². The Hall–Kier alpha value is -1.86. The maximum Gasteiger partial charge on any atom is 0.303 e. The van der Waals surface area contributed by atoms with Crippen molar-refractivity contribution in [2.45, 2.75) is 64.8 Å². The van der Waals surface area contributed by atoms with Gasteiger partial charge in [-0.2, -0.15) is 0 Å². The maximum absolute atomic E-state index is 15.4. The molecule has 170 valence electrons. The van der Waals surface area contributed by atoms with Crippen molar-refractivity contribution >= 4 is 17.5 Å². The van der Waals surface area contributed by atoms with Crippen molar-refractivity contribution in [2.24, 2.45) is 34.5 Å². The summed E-state index contributed by atoms with van der Waals surface area (Å²) >= 11 is 0. The average molecular weight is 435 g/mol. The number of Topliss-reactive ketones (excluding diaryl/α,β-unsaturated/α-hetero) is 1. The van der Waals surface area contributed by atoms with E-state index in [4.69, 9.17) is 4.74 Å². The van der Waals surface area contributed by atoms with Gasteiger partial charge in [-0.05, 0) is 54.7 Å². The minimum absolute atomic E-state index is 0.144. The summed E-state index contributed by atoms with van der Waals surface area (Å²) in [6, 6.07) is 0. The minimum atomic E-state index is -1.78. The number of alkyl halides is 1. The van der Waals surface area contributed by atoms with Crippen molar-refractivity contribution in [3.63, 3.8) is 0 Å². The number of rotatable bonds is 3. The molecule has 6 unspecified atom stereocenters. The predicted molar refractivity (Wildman–Crippen MR) is 109 cm³/mol. The van der Waals surface area contributed by atoms with Crippen LogP contribution in [0.2, 0.25) is 0 Å². The van der Waals surface area contributed by atoms with Gasteiger partial charge in [0.1, 0.15) is 11.8 Å². The minimum Gasteiger partial charge on any atom is -0.458 e. The Kier molecular flexibility index (Phi) is 5.10. The molecule has 3 fully saturated rings. The third-order valence-electron chi connectivity index (χ3n) is 8.89. The number of halogens is 1. The van der Waals surface area contributed by atoms with Crippen molar-refractivity contribution in [3.05, 3.63) is 23.8 Å². The van der Waals surface area contributed by atoms with E-state index in [-0.39, 0.29) is 36.4 Å². The van der Waals surface area contributed by atoms with E-state index >= 15 is 4.39 Å². The lowest BCUT2D eigenvalue weighted by molar-refractivity contribution is -0.187. The number of carbonyl (C=O) groups excluding carboxylic acids is 3. The molecular weight excluding hydrogens is 403 g/mol. The number of aliphatic hydroxyl groups excluding tert-OH is 1. The number of allylic oxidation sites excluding steroid dienone is 4. The van der Waals surface area contributed by atoms with Crippen LogP contribution in [0, 0.1) is 34.5 Å². The zero-order valence-electron chi connectivity index (χ0n) is 18.4. The van der Waals surface area contributed by atoms with Gasteiger partial charge < -0.3 is 14.9 Å². The summed E-state index contributed by atoms with van der Waals surface area (Å²) in [5.41, 5.74) is -3.13. The molecule has 0 aromatic heterocycles. The summed E-state index contributed by atoms with van der Waals surface area (Å²) in [6.07, 6.45) is 3.14. The molecule has 3 saturated carbocycles. The van der Waals surface area contributed by atoms with Crippen LogP contribution in [0.5, 0.6) is 0 Å². The third kappa shape index (κ3) is 2.92. The molecule has 4 rings (SSSR count). The van der Waals surface area contributed by atoms with Crippen LogP contribution in [-0.2, 0) is 19.1 Å². The Balaban J connectivity index is 1.74. The van der Waals surface area contributed by atoms with Gasteiger partial charge in [0.15, 0.2) is 12.4 Å². The smallest absolute Gasteiger partial charge is 0.303 e. The second-order valence-corrected chi connectivity index (χ2v) is 10.4. The molecule has 4 aliphatic rings. The molecular formula is C24H31FO6. The number of esters is 1. The van der Waals surface area contributed by atoms with Crippen LogP contribution < -0.4 is 0 Å². The zero-order valence-corrected chi connectivity index (χ0v) is 18.4. The summed E-state index contributed by atoms with van der Waals surface area (Å²) < 4.78 is 20.2. The fraction of sp³-hybridized carbons (Fsp3) is 0.708. The van der Waals surface area contributed by atoms with Crippen LogP contribution in [0.25, 0.3) is 0 Å². The highest BCUT2D eigenvalue weighted by Crippen LogP contribution is 2.68. The highest BCUT2D eigenvalue weighted by molar-refractivity contribution is 6.01. The SMILES string of the molecule is CC(=O)OCC(=O)[C@@]1(O)[C@H](C)CC2C3C[C@H](F)C4=CC(=O)C=CC4(C)C3C(O)CC21C. The monoisotopic (exact) mass is 434 g/mol. The fourth-order valence-electron chi connectivity index (χ4n) is 7.54. The summed E-state index contributed by atoms with van der Waals surface area (Å²) in [5.74, 6) is -2.62. The van der Waals surface area contributed by atoms with E-state index in [0.717, 1.165) is 0 Å². The van der Waals surface area contributed by atoms with Crippen LogP contribution >= 0.6 is 0 Å². The number of aliphatic hydroxyl groups is 2. The Morgan fingerprint density at radius 1 is 1.29 bits per heavy atom. The molecule has 9 atom stereocenters. The van der Waals surface area contributed by atoms with Crippen LogP contribution in [-0.4, -0.2) is 52.2 Å². The molecule has 0 heterocycles. The van der Waals surface area contributed by atoms with E-state index in [0.29, 0.717) is 12.0 Å². The molecule has 31 heavy (non-hydrogen) atoms. The largest absolute Gasteiger partial charge is 0.458 e. The molecule has 0 bridgehead atoms. The van der Waals surface area contributed by atoms with Crippen LogP contribution in [0.4, 0.5) is 4.39 Å². The van der Waals surface area contributed by atoms with Gasteiger partial charge in [0, 0.05) is 23.7 Å². The van der Waals surface area contributed by atoms with E-state index in [2.05, 4.69) is 0 Å². The second-order valence-electron chi connectivity index (χ2n) is 10.4. The Morgan fingerprint density at radius 3 is 2.61 bits per heavy atom. The molecule has 7 heteroatoms. The number of hydrogen-bond donors (Lipinski definition) is 2. The van der Waals surface area contributed by atoms with Gasteiger partial charge in [-0.25, -0.2) is 4.39 Å². The maximum atomic E-state index is 15.4. The quantitative estimate of drug-likeness (QED) is 0.661. The number of ketones is 2. The molecule has 0 aromatic rings. The van der Waals surface area contributed by atoms with Crippen molar-refractivity contribution < 1.29 is 33.7 Å². The number of fused-ring (bicyclic) bond motifs is 5. The Morgan fingerprint density at radius 2 is 1.97 bits per heavy atom. The number of hydrogen-bond acceptors (Lipinski definition) is 6. The van der Waals surface area contributed by atoms with E-state index in [1.54, 1.807) is 19.9 Å². The molecule has 0 spiro atoms. The Labute approximate surface area is 181 Å². The molecule has 6 nitrogen and oxygen atoms in total. The fourth-order valence-corrected chi connectivity index (χ4v) is 7.54. The molecule has 4 aliphatic carbocycles. The van der Waals surface area contributed by atoms with Crippen molar-refractivity contribution in [2.75, 3.05) is 6.61 Å². The molecule has 0 aliphatic heterocycles. The number of carbonyl (C=O) groups is 3. The molecule has 0 radical (unpaired) electrons. The lowest BCUT2D eigenvalue weighted by Crippen LogP contribution is -2.63. The highest BCUT2D eigenvalue weighted by atomic mass is 19.1. The second kappa shape index (κ2) is 7.07.